The normalized spacial score (nSPS) is 11.1. The maximum Gasteiger partial charge on any atom is 2.00 e. The van der Waals surface area contributed by atoms with Crippen molar-refractivity contribution in [2.24, 2.45) is 0 Å². The topological polar surface area (TPSA) is 106 Å². The van der Waals surface area contributed by atoms with Crippen LogP contribution in [-0.4, -0.2) is 30.1 Å². The monoisotopic (exact) mass is 697 g/mol. The van der Waals surface area contributed by atoms with Crippen molar-refractivity contribution in [3.8, 4) is 23.0 Å². The van der Waals surface area contributed by atoms with E-state index in [2.05, 4.69) is 80.2 Å². The number of aryl methyl sites for hydroxylation is 2. The van der Waals surface area contributed by atoms with E-state index in [-0.39, 0.29) is 21.1 Å². The van der Waals surface area contributed by atoms with Gasteiger partial charge in [-0.15, -0.1) is 0 Å². The largest absolute Gasteiger partial charge is 2.00 e. The standard InChI is InChI=1S/2C15H15N4.Pt/c2*1-9(2)14-11-6-4-5-7-12(11)16-15(17-14)13-8-10(3)18-19-13;/h2*4-9H,1-3H3;/q2*-1;+2. The van der Waals surface area contributed by atoms with Gasteiger partial charge in [-0.25, -0.2) is 19.9 Å². The van der Waals surface area contributed by atoms with Crippen LogP contribution in [0.1, 0.15) is 62.3 Å². The van der Waals surface area contributed by atoms with Gasteiger partial charge in [0, 0.05) is 22.2 Å². The summed E-state index contributed by atoms with van der Waals surface area (Å²) in [5, 5.41) is 18.5. The molecule has 0 aliphatic heterocycles. The SMILES string of the molecule is Cc1cc(-c2nc(C(C)C)c3ccccc3n2)[n-]n1.Cc1cc(-c2nc(C(C)C)c3ccccc3n2)[n-]n1.[Pt+2]. The Morgan fingerprint density at radius 2 is 0.949 bits per heavy atom. The summed E-state index contributed by atoms with van der Waals surface area (Å²) in [7, 11) is 0. The molecule has 0 amide bonds. The van der Waals surface area contributed by atoms with Gasteiger partial charge in [-0.3, -0.25) is 0 Å². The summed E-state index contributed by atoms with van der Waals surface area (Å²) in [6.45, 7) is 12.4. The van der Waals surface area contributed by atoms with E-state index in [0.29, 0.717) is 23.5 Å². The van der Waals surface area contributed by atoms with E-state index >= 15 is 0 Å². The molecule has 0 radical (unpaired) electrons. The number of nitrogens with zero attached hydrogens (tertiary/aromatic N) is 8. The first-order valence-corrected chi connectivity index (χ1v) is 12.8. The molecule has 6 aromatic rings. The molecular weight excluding hydrogens is 667 g/mol. The zero-order chi connectivity index (χ0) is 26.8. The van der Waals surface area contributed by atoms with E-state index < -0.39 is 0 Å². The molecular formula is C30H30N8Pt. The van der Waals surface area contributed by atoms with Crippen LogP contribution >= 0.6 is 0 Å². The van der Waals surface area contributed by atoms with Crippen LogP contribution in [0.15, 0.2) is 60.7 Å². The summed E-state index contributed by atoms with van der Waals surface area (Å²) in [4.78, 5) is 18.5. The number of fused-ring (bicyclic) bond motifs is 2. The third-order valence-electron chi connectivity index (χ3n) is 6.14. The van der Waals surface area contributed by atoms with Gasteiger partial charge < -0.3 is 20.4 Å². The molecule has 0 N–H and O–H groups in total. The van der Waals surface area contributed by atoms with Crippen molar-refractivity contribution >= 4 is 21.8 Å². The maximum absolute atomic E-state index is 4.67. The molecule has 9 heteroatoms. The molecule has 200 valence electrons. The molecule has 0 aliphatic carbocycles. The number of benzene rings is 2. The molecule has 39 heavy (non-hydrogen) atoms. The smallest absolute Gasteiger partial charge is 0.572 e. The fourth-order valence-electron chi connectivity index (χ4n) is 4.31. The minimum atomic E-state index is 0. The molecule has 0 atom stereocenters. The van der Waals surface area contributed by atoms with Gasteiger partial charge in [0.05, 0.1) is 22.4 Å². The first-order chi connectivity index (χ1) is 18.3. The molecule has 6 rings (SSSR count). The van der Waals surface area contributed by atoms with E-state index in [9.17, 15) is 0 Å². The van der Waals surface area contributed by atoms with Crippen LogP contribution < -0.4 is 10.2 Å². The zero-order valence-electron chi connectivity index (χ0n) is 22.8. The average molecular weight is 698 g/mol. The predicted molar refractivity (Wildman–Crippen MR) is 150 cm³/mol. The van der Waals surface area contributed by atoms with Crippen LogP contribution in [0.2, 0.25) is 0 Å². The van der Waals surface area contributed by atoms with E-state index in [1.807, 2.05) is 62.4 Å². The maximum atomic E-state index is 4.67. The van der Waals surface area contributed by atoms with Crippen LogP contribution in [0.3, 0.4) is 0 Å². The molecule has 0 spiro atoms. The van der Waals surface area contributed by atoms with Gasteiger partial charge in [0.25, 0.3) is 0 Å². The van der Waals surface area contributed by atoms with Crippen molar-refractivity contribution in [1.82, 2.24) is 40.3 Å². The van der Waals surface area contributed by atoms with E-state index in [1.165, 1.54) is 0 Å². The van der Waals surface area contributed by atoms with Crippen molar-refractivity contribution < 1.29 is 21.1 Å². The molecule has 0 fully saturated rings. The molecule has 2 aromatic carbocycles. The molecule has 0 saturated carbocycles. The first kappa shape index (κ1) is 28.2. The van der Waals surface area contributed by atoms with Crippen LogP contribution in [-0.2, 0) is 21.1 Å². The third kappa shape index (κ3) is 6.12. The summed E-state index contributed by atoms with van der Waals surface area (Å²) < 4.78 is 0. The molecule has 0 aliphatic rings. The second kappa shape index (κ2) is 12.0. The number of hydrogen-bond donors (Lipinski definition) is 0. The molecule has 8 nitrogen and oxygen atoms in total. The minimum Gasteiger partial charge on any atom is -0.572 e. The van der Waals surface area contributed by atoms with Gasteiger partial charge >= 0.3 is 21.1 Å². The van der Waals surface area contributed by atoms with Crippen molar-refractivity contribution in [3.63, 3.8) is 0 Å². The van der Waals surface area contributed by atoms with Gasteiger partial charge in [-0.1, -0.05) is 87.6 Å². The first-order valence-electron chi connectivity index (χ1n) is 12.8. The Kier molecular flexibility index (Phi) is 8.66. The van der Waals surface area contributed by atoms with Crippen LogP contribution in [0.25, 0.3) is 44.8 Å². The summed E-state index contributed by atoms with van der Waals surface area (Å²) in [6, 6.07) is 20.0. The van der Waals surface area contributed by atoms with Gasteiger partial charge in [-0.05, 0) is 37.8 Å². The fraction of sp³-hybridized carbons (Fsp3) is 0.267. The number of aromatic nitrogens is 8. The number of para-hydroxylation sites is 2. The Morgan fingerprint density at radius 3 is 1.28 bits per heavy atom. The number of hydrogen-bond acceptors (Lipinski definition) is 6. The van der Waals surface area contributed by atoms with E-state index in [1.54, 1.807) is 0 Å². The average Bonchev–Trinajstić information content (AvgIpc) is 3.55. The summed E-state index contributed by atoms with van der Waals surface area (Å²) in [5.41, 5.74) is 7.28. The van der Waals surface area contributed by atoms with Gasteiger partial charge in [-0.2, -0.15) is 0 Å². The Balaban J connectivity index is 0.000000176. The van der Waals surface area contributed by atoms with Crippen LogP contribution in [0.5, 0.6) is 0 Å². The summed E-state index contributed by atoms with van der Waals surface area (Å²) >= 11 is 0. The molecule has 0 unspecified atom stereocenters. The van der Waals surface area contributed by atoms with Crippen molar-refractivity contribution in [2.75, 3.05) is 0 Å². The quantitative estimate of drug-likeness (QED) is 0.216. The second-order valence-corrected chi connectivity index (χ2v) is 9.95. The Hall–Kier alpha value is -3.77. The fourth-order valence-corrected chi connectivity index (χ4v) is 4.31. The number of rotatable bonds is 4. The molecule has 4 heterocycles. The van der Waals surface area contributed by atoms with Crippen molar-refractivity contribution in [1.29, 1.82) is 0 Å². The minimum absolute atomic E-state index is 0. The third-order valence-corrected chi connectivity index (χ3v) is 6.14. The summed E-state index contributed by atoms with van der Waals surface area (Å²) in [6.07, 6.45) is 0. The van der Waals surface area contributed by atoms with E-state index in [0.717, 1.165) is 56.0 Å². The summed E-state index contributed by atoms with van der Waals surface area (Å²) in [5.74, 6) is 2.00. The zero-order valence-corrected chi connectivity index (χ0v) is 25.1. The van der Waals surface area contributed by atoms with Crippen LogP contribution in [0.4, 0.5) is 0 Å². The molecule has 0 saturated heterocycles. The molecule has 4 aromatic heterocycles. The van der Waals surface area contributed by atoms with Crippen molar-refractivity contribution in [2.45, 2.75) is 53.4 Å². The Labute approximate surface area is 242 Å². The predicted octanol–water partition coefficient (Wildman–Crippen LogP) is 6.16. The van der Waals surface area contributed by atoms with E-state index in [4.69, 9.17) is 0 Å². The van der Waals surface area contributed by atoms with Gasteiger partial charge in [0.15, 0.2) is 0 Å². The van der Waals surface area contributed by atoms with Crippen LogP contribution in [0, 0.1) is 13.8 Å². The van der Waals surface area contributed by atoms with Gasteiger partial charge in [0.2, 0.25) is 0 Å². The Morgan fingerprint density at radius 1 is 0.564 bits per heavy atom. The molecule has 0 bridgehead atoms. The van der Waals surface area contributed by atoms with Crippen molar-refractivity contribution in [3.05, 3.63) is 83.4 Å². The van der Waals surface area contributed by atoms with Gasteiger partial charge in [0.1, 0.15) is 11.6 Å². The Bertz CT molecular complexity index is 1590. The second-order valence-electron chi connectivity index (χ2n) is 9.95.